The third kappa shape index (κ3) is 4.37. The molecule has 26 heavy (non-hydrogen) atoms. The number of thiazole rings is 1. The zero-order valence-electron chi connectivity index (χ0n) is 13.5. The van der Waals surface area contributed by atoms with Crippen molar-refractivity contribution in [3.63, 3.8) is 0 Å². The van der Waals surface area contributed by atoms with Crippen molar-refractivity contribution in [3.8, 4) is 0 Å². The zero-order chi connectivity index (χ0) is 18.7. The largest absolute Gasteiger partial charge is 0.266 e. The Balaban J connectivity index is 1.86. The Kier molecular flexibility index (Phi) is 5.86. The molecule has 4 nitrogen and oxygen atoms in total. The molecule has 0 bridgehead atoms. The number of aromatic nitrogens is 1. The highest BCUT2D eigenvalue weighted by atomic mass is 35.5. The number of anilines is 1. The van der Waals surface area contributed by atoms with Gasteiger partial charge in [-0.2, -0.15) is 0 Å². The predicted octanol–water partition coefficient (Wildman–Crippen LogP) is 5.59. The number of halogens is 2. The maximum absolute atomic E-state index is 14.5. The fraction of sp³-hybridized carbons (Fsp3) is 0.118. The van der Waals surface area contributed by atoms with Crippen molar-refractivity contribution >= 4 is 49.9 Å². The smallest absolute Gasteiger partial charge is 0.255 e. The number of hydrogen-bond acceptors (Lipinski definition) is 5. The van der Waals surface area contributed by atoms with Gasteiger partial charge in [0, 0.05) is 21.7 Å². The first kappa shape index (κ1) is 19.2. The van der Waals surface area contributed by atoms with E-state index in [-0.39, 0.29) is 15.4 Å². The lowest BCUT2D eigenvalue weighted by Crippen LogP contribution is -2.14. The Labute approximate surface area is 164 Å². The molecule has 3 rings (SSSR count). The molecule has 1 atom stereocenters. The van der Waals surface area contributed by atoms with Crippen LogP contribution in [0.5, 0.6) is 0 Å². The lowest BCUT2D eigenvalue weighted by Gasteiger charge is -2.14. The second kappa shape index (κ2) is 7.96. The van der Waals surface area contributed by atoms with Crippen molar-refractivity contribution in [2.75, 3.05) is 4.72 Å². The van der Waals surface area contributed by atoms with E-state index in [1.807, 2.05) is 37.3 Å². The molecule has 0 fully saturated rings. The molecule has 1 unspecified atom stereocenters. The van der Waals surface area contributed by atoms with Crippen molar-refractivity contribution in [3.05, 3.63) is 70.4 Å². The molecule has 0 aliphatic carbocycles. The maximum Gasteiger partial charge on any atom is 0.266 e. The molecule has 0 aliphatic heterocycles. The summed E-state index contributed by atoms with van der Waals surface area (Å²) in [5.41, 5.74) is 1.07. The molecule has 0 saturated heterocycles. The summed E-state index contributed by atoms with van der Waals surface area (Å²) >= 11 is 8.70. The molecule has 1 N–H and O–H groups in total. The number of nitrogens with one attached hydrogen (secondary N) is 1. The summed E-state index contributed by atoms with van der Waals surface area (Å²) in [7, 11) is -4.10. The summed E-state index contributed by atoms with van der Waals surface area (Å²) in [6.45, 7) is 1.98. The quantitative estimate of drug-likeness (QED) is 0.520. The molecule has 0 aliphatic rings. The van der Waals surface area contributed by atoms with Gasteiger partial charge in [0.15, 0.2) is 5.13 Å². The molecule has 0 saturated carbocycles. The number of benzene rings is 2. The molecule has 1 heterocycles. The van der Waals surface area contributed by atoms with E-state index in [1.54, 1.807) is 5.38 Å². The Morgan fingerprint density at radius 2 is 2.00 bits per heavy atom. The highest BCUT2D eigenvalue weighted by Gasteiger charge is 2.23. The molecule has 0 radical (unpaired) electrons. The van der Waals surface area contributed by atoms with Gasteiger partial charge in [0.05, 0.1) is 5.02 Å². The number of nitrogens with zero attached hydrogens (tertiary/aromatic N) is 1. The van der Waals surface area contributed by atoms with Gasteiger partial charge in [0.2, 0.25) is 0 Å². The van der Waals surface area contributed by atoms with Crippen molar-refractivity contribution in [1.29, 1.82) is 0 Å². The Hall–Kier alpha value is -1.61. The van der Waals surface area contributed by atoms with E-state index in [0.29, 0.717) is 4.90 Å². The van der Waals surface area contributed by atoms with Gasteiger partial charge in [-0.1, -0.05) is 41.9 Å². The number of rotatable bonds is 6. The van der Waals surface area contributed by atoms with Gasteiger partial charge in [-0.3, -0.25) is 4.72 Å². The normalized spacial score (nSPS) is 12.7. The summed E-state index contributed by atoms with van der Waals surface area (Å²) in [6.07, 6.45) is 1.45. The Morgan fingerprint density at radius 3 is 2.65 bits per heavy atom. The summed E-state index contributed by atoms with van der Waals surface area (Å²) in [6, 6.07) is 12.0. The van der Waals surface area contributed by atoms with Crippen LogP contribution in [0.25, 0.3) is 0 Å². The molecular formula is C17H14ClFN2O2S3. The summed E-state index contributed by atoms with van der Waals surface area (Å²) in [4.78, 5) is 3.81. The lowest BCUT2D eigenvalue weighted by molar-refractivity contribution is 0.568. The second-order valence-electron chi connectivity index (χ2n) is 5.33. The molecule has 0 amide bonds. The van der Waals surface area contributed by atoms with Crippen molar-refractivity contribution in [1.82, 2.24) is 4.98 Å². The summed E-state index contributed by atoms with van der Waals surface area (Å²) < 4.78 is 41.5. The third-order valence-corrected chi connectivity index (χ3v) is 7.32. The van der Waals surface area contributed by atoms with Crippen LogP contribution >= 0.6 is 34.7 Å². The standard InChI is InChI=1S/C17H14ClFN2O2S3/c1-11(12-5-3-2-4-6-12)25-15-10-14(19)16(9-13(15)18)26(22,23)21-17-20-7-8-24-17/h2-11H,1H3,(H,20,21). The Morgan fingerprint density at radius 1 is 1.27 bits per heavy atom. The van der Waals surface area contributed by atoms with Crippen molar-refractivity contribution < 1.29 is 12.8 Å². The molecular weight excluding hydrogens is 415 g/mol. The van der Waals surface area contributed by atoms with Gasteiger partial charge in [-0.05, 0) is 24.6 Å². The fourth-order valence-electron chi connectivity index (χ4n) is 2.23. The highest BCUT2D eigenvalue weighted by Crippen LogP contribution is 2.40. The van der Waals surface area contributed by atoms with Crippen LogP contribution in [0.3, 0.4) is 0 Å². The minimum atomic E-state index is -4.10. The van der Waals surface area contributed by atoms with Crippen LogP contribution in [0.1, 0.15) is 17.7 Å². The number of sulfonamides is 1. The van der Waals surface area contributed by atoms with Gasteiger partial charge in [-0.25, -0.2) is 17.8 Å². The Bertz CT molecular complexity index is 996. The molecule has 2 aromatic carbocycles. The zero-order valence-corrected chi connectivity index (χ0v) is 16.7. The van der Waals surface area contributed by atoms with E-state index < -0.39 is 20.7 Å². The molecule has 0 spiro atoms. The minimum Gasteiger partial charge on any atom is -0.255 e. The van der Waals surface area contributed by atoms with E-state index >= 15 is 0 Å². The van der Waals surface area contributed by atoms with Crippen LogP contribution in [-0.2, 0) is 10.0 Å². The summed E-state index contributed by atoms with van der Waals surface area (Å²) in [5.74, 6) is -0.860. The van der Waals surface area contributed by atoms with Crippen LogP contribution in [0.4, 0.5) is 9.52 Å². The van der Waals surface area contributed by atoms with Crippen LogP contribution < -0.4 is 4.72 Å². The lowest BCUT2D eigenvalue weighted by atomic mass is 10.2. The molecule has 3 aromatic rings. The van der Waals surface area contributed by atoms with Gasteiger partial charge in [0.1, 0.15) is 10.7 Å². The number of thioether (sulfide) groups is 1. The van der Waals surface area contributed by atoms with E-state index in [4.69, 9.17) is 11.6 Å². The van der Waals surface area contributed by atoms with Crippen LogP contribution in [0.2, 0.25) is 5.02 Å². The first-order chi connectivity index (χ1) is 12.4. The van der Waals surface area contributed by atoms with Crippen LogP contribution in [0, 0.1) is 5.82 Å². The maximum atomic E-state index is 14.5. The highest BCUT2D eigenvalue weighted by molar-refractivity contribution is 7.99. The average molecular weight is 429 g/mol. The topological polar surface area (TPSA) is 59.1 Å². The fourth-order valence-corrected chi connectivity index (χ4v) is 5.49. The van der Waals surface area contributed by atoms with E-state index in [2.05, 4.69) is 9.71 Å². The predicted molar refractivity (Wildman–Crippen MR) is 105 cm³/mol. The third-order valence-electron chi connectivity index (χ3n) is 3.50. The first-order valence-corrected chi connectivity index (χ1v) is 11.1. The van der Waals surface area contributed by atoms with Crippen LogP contribution in [-0.4, -0.2) is 13.4 Å². The second-order valence-corrected chi connectivity index (χ2v) is 9.66. The van der Waals surface area contributed by atoms with Crippen LogP contribution in [0.15, 0.2) is 63.8 Å². The van der Waals surface area contributed by atoms with E-state index in [9.17, 15) is 12.8 Å². The SMILES string of the molecule is CC(Sc1cc(F)c(S(=O)(=O)Nc2nccs2)cc1Cl)c1ccccc1. The van der Waals surface area contributed by atoms with E-state index in [0.717, 1.165) is 29.0 Å². The van der Waals surface area contributed by atoms with Gasteiger partial charge in [0.25, 0.3) is 10.0 Å². The molecule has 1 aromatic heterocycles. The van der Waals surface area contributed by atoms with Gasteiger partial charge < -0.3 is 0 Å². The molecule has 136 valence electrons. The minimum absolute atomic E-state index is 0.0315. The van der Waals surface area contributed by atoms with Gasteiger partial charge in [-0.15, -0.1) is 23.1 Å². The van der Waals surface area contributed by atoms with Crippen molar-refractivity contribution in [2.45, 2.75) is 22.0 Å². The number of hydrogen-bond donors (Lipinski definition) is 1. The average Bonchev–Trinajstić information content (AvgIpc) is 3.10. The summed E-state index contributed by atoms with van der Waals surface area (Å²) in [5, 5.41) is 1.99. The first-order valence-electron chi connectivity index (χ1n) is 7.50. The van der Waals surface area contributed by atoms with Crippen molar-refractivity contribution in [2.24, 2.45) is 0 Å². The molecule has 9 heteroatoms. The monoisotopic (exact) mass is 428 g/mol. The van der Waals surface area contributed by atoms with E-state index in [1.165, 1.54) is 18.0 Å². The van der Waals surface area contributed by atoms with Gasteiger partial charge >= 0.3 is 0 Å².